The lowest BCUT2D eigenvalue weighted by Gasteiger charge is -2.11. The number of esters is 1. The van der Waals surface area contributed by atoms with E-state index in [1.807, 2.05) is 0 Å². The zero-order valence-electron chi connectivity index (χ0n) is 18.1. The van der Waals surface area contributed by atoms with Crippen molar-refractivity contribution in [3.63, 3.8) is 0 Å². The number of amides is 2. The van der Waals surface area contributed by atoms with Gasteiger partial charge in [-0.25, -0.2) is 9.18 Å². The molecule has 0 spiro atoms. The van der Waals surface area contributed by atoms with E-state index >= 15 is 0 Å². The maximum atomic E-state index is 13.4. The molecule has 1 aliphatic carbocycles. The van der Waals surface area contributed by atoms with Crippen molar-refractivity contribution in [2.24, 2.45) is 12.0 Å². The highest BCUT2D eigenvalue weighted by atomic mass is 32.2. The Bertz CT molecular complexity index is 1310. The Morgan fingerprint density at radius 2 is 2.00 bits per heavy atom. The lowest BCUT2D eigenvalue weighted by molar-refractivity contribution is -0.115. The number of aromatic nitrogens is 1. The van der Waals surface area contributed by atoms with Crippen LogP contribution in [0.25, 0.3) is 10.2 Å². The second-order valence-electron chi connectivity index (χ2n) is 7.51. The van der Waals surface area contributed by atoms with Gasteiger partial charge in [-0.1, -0.05) is 11.3 Å². The minimum Gasteiger partial charge on any atom is -0.465 e. The van der Waals surface area contributed by atoms with Crippen LogP contribution in [0.4, 0.5) is 9.39 Å². The predicted molar refractivity (Wildman–Crippen MR) is 130 cm³/mol. The van der Waals surface area contributed by atoms with Gasteiger partial charge in [0.2, 0.25) is 5.91 Å². The molecule has 33 heavy (non-hydrogen) atoms. The molecule has 0 bridgehead atoms. The molecule has 0 radical (unpaired) electrons. The quantitative estimate of drug-likeness (QED) is 0.511. The Morgan fingerprint density at radius 3 is 2.79 bits per heavy atom. The van der Waals surface area contributed by atoms with Crippen molar-refractivity contribution in [2.45, 2.75) is 25.7 Å². The third kappa shape index (κ3) is 5.20. The van der Waals surface area contributed by atoms with Crippen molar-refractivity contribution in [1.82, 2.24) is 4.57 Å². The molecular formula is C22H22FN3O4S3. The van der Waals surface area contributed by atoms with Gasteiger partial charge < -0.3 is 14.6 Å². The number of carbonyl (C=O) groups excluding carboxylic acids is 3. The normalized spacial score (nSPS) is 13.7. The van der Waals surface area contributed by atoms with Crippen LogP contribution in [0.15, 0.2) is 23.2 Å². The average Bonchev–Trinajstić information content (AvgIpc) is 3.29. The first-order valence-electron chi connectivity index (χ1n) is 10.3. The molecule has 0 aliphatic heterocycles. The number of methoxy groups -OCH3 is 1. The third-order valence-corrected chi connectivity index (χ3v) is 8.48. The summed E-state index contributed by atoms with van der Waals surface area (Å²) in [6, 6.07) is 4.42. The number of rotatable bonds is 6. The van der Waals surface area contributed by atoms with Gasteiger partial charge in [-0.2, -0.15) is 4.99 Å². The molecule has 0 atom stereocenters. The summed E-state index contributed by atoms with van der Waals surface area (Å²) < 4.78 is 20.8. The molecule has 1 aromatic carbocycles. The van der Waals surface area contributed by atoms with Crippen LogP contribution in [0.2, 0.25) is 0 Å². The second kappa shape index (κ2) is 10.2. The van der Waals surface area contributed by atoms with Crippen LogP contribution < -0.4 is 10.1 Å². The molecule has 2 heterocycles. The number of nitrogens with one attached hydrogen (secondary N) is 1. The van der Waals surface area contributed by atoms with Gasteiger partial charge in [0.15, 0.2) is 4.80 Å². The van der Waals surface area contributed by atoms with Crippen LogP contribution in [-0.2, 0) is 34.2 Å². The Kier molecular flexibility index (Phi) is 7.30. The number of nitrogens with zero attached hydrogens (tertiary/aromatic N) is 2. The van der Waals surface area contributed by atoms with Crippen molar-refractivity contribution >= 4 is 67.4 Å². The number of anilines is 1. The summed E-state index contributed by atoms with van der Waals surface area (Å²) >= 11 is 3.80. The fourth-order valence-electron chi connectivity index (χ4n) is 3.72. The number of ether oxygens (including phenoxy) is 1. The van der Waals surface area contributed by atoms with Gasteiger partial charge in [0.05, 0.1) is 34.4 Å². The number of fused-ring (bicyclic) bond motifs is 2. The summed E-state index contributed by atoms with van der Waals surface area (Å²) in [5.74, 6) is -1.38. The summed E-state index contributed by atoms with van der Waals surface area (Å²) in [4.78, 5) is 42.8. The number of halogens is 1. The van der Waals surface area contributed by atoms with E-state index in [0.29, 0.717) is 20.1 Å². The van der Waals surface area contributed by atoms with Gasteiger partial charge in [0, 0.05) is 11.9 Å². The molecule has 4 rings (SSSR count). The fraction of sp³-hybridized carbons (Fsp3) is 0.364. The maximum Gasteiger partial charge on any atom is 0.341 e. The van der Waals surface area contributed by atoms with Crippen LogP contribution in [0.5, 0.6) is 0 Å². The highest BCUT2D eigenvalue weighted by Crippen LogP contribution is 2.38. The lowest BCUT2D eigenvalue weighted by atomic mass is 9.95. The molecule has 0 fully saturated rings. The first kappa shape index (κ1) is 23.7. The standard InChI is InChI=1S/C22H22FN3O4S3/c1-26-14-8-7-12(23)9-16(14)33-22(26)25-18(28)11-31-10-17(27)24-20-19(21(29)30-2)13-5-3-4-6-15(13)32-20/h7-9H,3-6,10-11H2,1-2H3,(H,24,27). The van der Waals surface area contributed by atoms with Gasteiger partial charge in [-0.15, -0.1) is 23.1 Å². The molecule has 11 heteroatoms. The molecule has 1 N–H and O–H groups in total. The summed E-state index contributed by atoms with van der Waals surface area (Å²) in [5, 5.41) is 3.33. The Labute approximate surface area is 201 Å². The Balaban J connectivity index is 1.38. The monoisotopic (exact) mass is 507 g/mol. The number of thioether (sulfide) groups is 1. The first-order valence-corrected chi connectivity index (χ1v) is 13.1. The minimum atomic E-state index is -0.442. The van der Waals surface area contributed by atoms with Crippen LogP contribution in [0, 0.1) is 5.82 Å². The Hall–Kier alpha value is -2.50. The summed E-state index contributed by atoms with van der Waals surface area (Å²) in [6.45, 7) is 0. The number of carbonyl (C=O) groups is 3. The molecule has 3 aromatic rings. The molecule has 2 aromatic heterocycles. The van der Waals surface area contributed by atoms with E-state index in [-0.39, 0.29) is 29.1 Å². The van der Waals surface area contributed by atoms with Crippen LogP contribution in [0.1, 0.15) is 33.6 Å². The van der Waals surface area contributed by atoms with E-state index in [9.17, 15) is 18.8 Å². The molecule has 174 valence electrons. The van der Waals surface area contributed by atoms with Crippen LogP contribution >= 0.6 is 34.4 Å². The average molecular weight is 508 g/mol. The van der Waals surface area contributed by atoms with Gasteiger partial charge in [0.25, 0.3) is 5.91 Å². The van der Waals surface area contributed by atoms with E-state index in [2.05, 4.69) is 10.3 Å². The smallest absolute Gasteiger partial charge is 0.341 e. The number of thiazole rings is 1. The first-order chi connectivity index (χ1) is 15.9. The molecule has 1 aliphatic rings. The SMILES string of the molecule is COC(=O)c1c(NC(=O)CSCC(=O)N=c2sc3cc(F)ccc3n2C)sc2c1CCCC2. The number of aryl methyl sites for hydroxylation is 2. The lowest BCUT2D eigenvalue weighted by Crippen LogP contribution is -2.18. The molecule has 0 saturated heterocycles. The van der Waals surface area contributed by atoms with Crippen LogP contribution in [0.3, 0.4) is 0 Å². The van der Waals surface area contributed by atoms with Crippen LogP contribution in [-0.4, -0.2) is 41.0 Å². The summed E-state index contributed by atoms with van der Waals surface area (Å²) in [6.07, 6.45) is 3.77. The van der Waals surface area contributed by atoms with Crippen molar-refractivity contribution in [3.8, 4) is 0 Å². The van der Waals surface area contributed by atoms with E-state index in [1.165, 1.54) is 41.9 Å². The fourth-order valence-corrected chi connectivity index (χ4v) is 6.67. The number of benzene rings is 1. The summed E-state index contributed by atoms with van der Waals surface area (Å²) in [5.41, 5.74) is 2.22. The van der Waals surface area contributed by atoms with Crippen molar-refractivity contribution in [1.29, 1.82) is 0 Å². The van der Waals surface area contributed by atoms with E-state index in [1.54, 1.807) is 17.7 Å². The highest BCUT2D eigenvalue weighted by molar-refractivity contribution is 8.00. The third-order valence-electron chi connectivity index (χ3n) is 5.26. The van der Waals surface area contributed by atoms with Gasteiger partial charge >= 0.3 is 5.97 Å². The van der Waals surface area contributed by atoms with Gasteiger partial charge in [-0.05, 0) is 49.4 Å². The molecule has 2 amide bonds. The molecule has 0 unspecified atom stereocenters. The topological polar surface area (TPSA) is 89.8 Å². The second-order valence-corrected chi connectivity index (χ2v) is 10.6. The van der Waals surface area contributed by atoms with Gasteiger partial charge in [0.1, 0.15) is 10.8 Å². The molecule has 0 saturated carbocycles. The number of thiophene rings is 1. The summed E-state index contributed by atoms with van der Waals surface area (Å²) in [7, 11) is 3.10. The zero-order valence-corrected chi connectivity index (χ0v) is 20.6. The maximum absolute atomic E-state index is 13.4. The number of hydrogen-bond acceptors (Lipinski definition) is 7. The van der Waals surface area contributed by atoms with Crippen molar-refractivity contribution in [2.75, 3.05) is 23.9 Å². The molecular weight excluding hydrogens is 485 g/mol. The zero-order chi connectivity index (χ0) is 23.5. The number of hydrogen-bond donors (Lipinski definition) is 1. The highest BCUT2D eigenvalue weighted by Gasteiger charge is 2.26. The van der Waals surface area contributed by atoms with E-state index in [4.69, 9.17) is 4.74 Å². The van der Waals surface area contributed by atoms with E-state index in [0.717, 1.165) is 53.4 Å². The van der Waals surface area contributed by atoms with Crippen molar-refractivity contribution in [3.05, 3.63) is 44.8 Å². The predicted octanol–water partition coefficient (Wildman–Crippen LogP) is 3.91. The molecule has 7 nitrogen and oxygen atoms in total. The Morgan fingerprint density at radius 1 is 1.21 bits per heavy atom. The van der Waals surface area contributed by atoms with Crippen molar-refractivity contribution < 1.29 is 23.5 Å². The minimum absolute atomic E-state index is 0.0286. The van der Waals surface area contributed by atoms with Gasteiger partial charge in [-0.3, -0.25) is 9.59 Å². The largest absolute Gasteiger partial charge is 0.465 e. The van der Waals surface area contributed by atoms with E-state index < -0.39 is 5.97 Å².